The third kappa shape index (κ3) is 7.24. The van der Waals surface area contributed by atoms with Crippen LogP contribution < -0.4 is 16.1 Å². The Bertz CT molecular complexity index is 1040. The molecule has 1 saturated carbocycles. The molecule has 1 aliphatic carbocycles. The summed E-state index contributed by atoms with van der Waals surface area (Å²) in [6.07, 6.45) is 14.9. The topological polar surface area (TPSA) is 102 Å². The van der Waals surface area contributed by atoms with Gasteiger partial charge in [-0.3, -0.25) is 19.4 Å². The second-order valence-corrected chi connectivity index (χ2v) is 9.59. The van der Waals surface area contributed by atoms with E-state index in [0.717, 1.165) is 44.2 Å². The number of nitrogens with zero attached hydrogens (tertiary/aromatic N) is 2. The molecule has 1 aliphatic heterocycles. The van der Waals surface area contributed by atoms with Gasteiger partial charge in [0, 0.05) is 56.4 Å². The van der Waals surface area contributed by atoms with Crippen molar-refractivity contribution in [2.24, 2.45) is 0 Å². The molecule has 0 radical (unpaired) electrons. The normalized spacial score (nSPS) is 19.0. The zero-order valence-electron chi connectivity index (χ0n) is 20.3. The smallest absolute Gasteiger partial charge is 0.256 e. The molecule has 8 heteroatoms. The molecule has 3 heterocycles. The lowest BCUT2D eigenvalue weighted by Crippen LogP contribution is -2.40. The van der Waals surface area contributed by atoms with Gasteiger partial charge in [-0.2, -0.15) is 0 Å². The van der Waals surface area contributed by atoms with Crippen LogP contribution in [0.15, 0.2) is 41.6 Å². The van der Waals surface area contributed by atoms with Gasteiger partial charge in [-0.1, -0.05) is 38.2 Å². The summed E-state index contributed by atoms with van der Waals surface area (Å²) in [7, 11) is 0. The van der Waals surface area contributed by atoms with Crippen molar-refractivity contribution < 1.29 is 14.3 Å². The fourth-order valence-corrected chi connectivity index (χ4v) is 4.89. The Hall–Kier alpha value is -3.00. The maximum atomic E-state index is 13.3. The Morgan fingerprint density at radius 1 is 0.971 bits per heavy atom. The number of hydrogen-bond acceptors (Lipinski definition) is 5. The van der Waals surface area contributed by atoms with E-state index in [9.17, 15) is 14.4 Å². The van der Waals surface area contributed by atoms with Crippen LogP contribution >= 0.6 is 0 Å². The number of ether oxygens (including phenoxy) is 1. The van der Waals surface area contributed by atoms with Crippen molar-refractivity contribution in [3.8, 4) is 0 Å². The Morgan fingerprint density at radius 2 is 1.71 bits per heavy atom. The minimum Gasteiger partial charge on any atom is -0.376 e. The minimum atomic E-state index is -0.535. The van der Waals surface area contributed by atoms with Gasteiger partial charge in [0.15, 0.2) is 0 Å². The Morgan fingerprint density at radius 3 is 2.40 bits per heavy atom. The summed E-state index contributed by atoms with van der Waals surface area (Å²) in [5.74, 6) is -0.877. The van der Waals surface area contributed by atoms with Crippen LogP contribution in [0.25, 0.3) is 0 Å². The number of pyridine rings is 2. The highest BCUT2D eigenvalue weighted by Gasteiger charge is 2.23. The number of aromatic nitrogens is 2. The van der Waals surface area contributed by atoms with Crippen LogP contribution in [0.4, 0.5) is 0 Å². The van der Waals surface area contributed by atoms with Gasteiger partial charge in [-0.15, -0.1) is 0 Å². The van der Waals surface area contributed by atoms with E-state index < -0.39 is 17.2 Å². The van der Waals surface area contributed by atoms with Crippen LogP contribution in [-0.2, 0) is 17.7 Å². The minimum absolute atomic E-state index is 0.0130. The molecular weight excluding hydrogens is 444 g/mol. The third-order valence-electron chi connectivity index (χ3n) is 6.84. The van der Waals surface area contributed by atoms with Crippen molar-refractivity contribution in [2.45, 2.75) is 82.9 Å². The first-order valence-electron chi connectivity index (χ1n) is 12.9. The van der Waals surface area contributed by atoms with Gasteiger partial charge in [0.1, 0.15) is 11.1 Å². The summed E-state index contributed by atoms with van der Waals surface area (Å²) in [5, 5.41) is 5.89. The molecule has 35 heavy (non-hydrogen) atoms. The quantitative estimate of drug-likeness (QED) is 0.604. The van der Waals surface area contributed by atoms with E-state index in [1.807, 2.05) is 18.2 Å². The van der Waals surface area contributed by atoms with E-state index in [1.165, 1.54) is 19.3 Å². The molecule has 0 aromatic carbocycles. The molecule has 8 nitrogen and oxygen atoms in total. The molecule has 2 aromatic rings. The zero-order valence-corrected chi connectivity index (χ0v) is 20.3. The summed E-state index contributed by atoms with van der Waals surface area (Å²) >= 11 is 0. The van der Waals surface area contributed by atoms with Gasteiger partial charge >= 0.3 is 0 Å². The average molecular weight is 481 g/mol. The SMILES string of the molecule is O=C(NCCc1ccccn1)c1cn(CC2CCCO2)cc(C(=O)NC2CCCCCCC2)c1=O. The summed E-state index contributed by atoms with van der Waals surface area (Å²) in [5.41, 5.74) is 0.319. The van der Waals surface area contributed by atoms with Gasteiger partial charge in [-0.25, -0.2) is 0 Å². The number of nitrogens with one attached hydrogen (secondary N) is 2. The molecule has 1 saturated heterocycles. The van der Waals surface area contributed by atoms with Crippen LogP contribution in [0.3, 0.4) is 0 Å². The first-order chi connectivity index (χ1) is 17.1. The molecule has 1 unspecified atom stereocenters. The second-order valence-electron chi connectivity index (χ2n) is 9.59. The van der Waals surface area contributed by atoms with Crippen molar-refractivity contribution in [3.63, 3.8) is 0 Å². The molecule has 2 aromatic heterocycles. The van der Waals surface area contributed by atoms with Crippen LogP contribution in [-0.4, -0.2) is 46.7 Å². The summed E-state index contributed by atoms with van der Waals surface area (Å²) < 4.78 is 7.50. The molecule has 2 fully saturated rings. The van der Waals surface area contributed by atoms with Gasteiger partial charge < -0.3 is 19.9 Å². The predicted molar refractivity (Wildman–Crippen MR) is 134 cm³/mol. The standard InChI is InChI=1S/C27H36N4O4/c32-25-23(26(33)29-15-13-20-9-6-7-14-28-20)18-31(17-22-12-8-16-35-22)19-24(25)27(34)30-21-10-4-2-1-3-5-11-21/h6-7,9,14,18-19,21-22H,1-5,8,10-13,15-17H2,(H,29,33)(H,30,34). The fourth-order valence-electron chi connectivity index (χ4n) is 4.89. The van der Waals surface area contributed by atoms with Crippen molar-refractivity contribution in [2.75, 3.05) is 13.2 Å². The molecule has 188 valence electrons. The van der Waals surface area contributed by atoms with E-state index in [-0.39, 0.29) is 23.3 Å². The molecule has 2 amide bonds. The van der Waals surface area contributed by atoms with Gasteiger partial charge in [0.05, 0.1) is 6.10 Å². The predicted octanol–water partition coefficient (Wildman–Crippen LogP) is 3.24. The molecule has 1 atom stereocenters. The van der Waals surface area contributed by atoms with E-state index >= 15 is 0 Å². The molecule has 0 spiro atoms. The molecule has 2 N–H and O–H groups in total. The summed E-state index contributed by atoms with van der Waals surface area (Å²) in [6, 6.07) is 5.68. The molecule has 4 rings (SSSR count). The van der Waals surface area contributed by atoms with Crippen molar-refractivity contribution in [1.29, 1.82) is 0 Å². The fraction of sp³-hybridized carbons (Fsp3) is 0.556. The largest absolute Gasteiger partial charge is 0.376 e. The number of rotatable bonds is 8. The second kappa shape index (κ2) is 12.6. The highest BCUT2D eigenvalue weighted by Crippen LogP contribution is 2.18. The van der Waals surface area contributed by atoms with E-state index in [1.54, 1.807) is 23.2 Å². The lowest BCUT2D eigenvalue weighted by Gasteiger charge is -2.21. The van der Waals surface area contributed by atoms with Crippen molar-refractivity contribution >= 4 is 11.8 Å². The highest BCUT2D eigenvalue weighted by atomic mass is 16.5. The number of hydrogen-bond donors (Lipinski definition) is 2. The molecular formula is C27H36N4O4. The van der Waals surface area contributed by atoms with Crippen LogP contribution in [0.5, 0.6) is 0 Å². The van der Waals surface area contributed by atoms with Crippen LogP contribution in [0.2, 0.25) is 0 Å². The van der Waals surface area contributed by atoms with Gasteiger partial charge in [0.25, 0.3) is 11.8 Å². The highest BCUT2D eigenvalue weighted by molar-refractivity contribution is 5.99. The number of amides is 2. The maximum absolute atomic E-state index is 13.3. The van der Waals surface area contributed by atoms with Crippen molar-refractivity contribution in [3.05, 3.63) is 63.8 Å². The summed E-state index contributed by atoms with van der Waals surface area (Å²) in [4.78, 5) is 43.7. The maximum Gasteiger partial charge on any atom is 0.256 e. The zero-order chi connectivity index (χ0) is 24.5. The molecule has 2 aliphatic rings. The van der Waals surface area contributed by atoms with Gasteiger partial charge in [0.2, 0.25) is 5.43 Å². The number of carbonyl (C=O) groups excluding carboxylic acids is 2. The average Bonchev–Trinajstić information content (AvgIpc) is 3.35. The van der Waals surface area contributed by atoms with E-state index in [0.29, 0.717) is 26.1 Å². The van der Waals surface area contributed by atoms with Crippen LogP contribution in [0, 0.1) is 0 Å². The van der Waals surface area contributed by atoms with Crippen molar-refractivity contribution in [1.82, 2.24) is 20.2 Å². The van der Waals surface area contributed by atoms with Gasteiger partial charge in [-0.05, 0) is 37.8 Å². The van der Waals surface area contributed by atoms with Crippen LogP contribution in [0.1, 0.15) is 84.2 Å². The lowest BCUT2D eigenvalue weighted by atomic mass is 9.96. The number of carbonyl (C=O) groups is 2. The Labute approximate surface area is 206 Å². The Kier molecular flexibility index (Phi) is 9.06. The van der Waals surface area contributed by atoms with E-state index in [4.69, 9.17) is 4.74 Å². The first-order valence-corrected chi connectivity index (χ1v) is 12.9. The third-order valence-corrected chi connectivity index (χ3v) is 6.84. The van der Waals surface area contributed by atoms with E-state index in [2.05, 4.69) is 15.6 Å². The monoisotopic (exact) mass is 480 g/mol. The summed E-state index contributed by atoms with van der Waals surface area (Å²) in [6.45, 7) is 1.55. The lowest BCUT2D eigenvalue weighted by molar-refractivity contribution is 0.0914. The molecule has 0 bridgehead atoms. The first kappa shape index (κ1) is 25.1. The Balaban J connectivity index is 1.51.